The van der Waals surface area contributed by atoms with Crippen LogP contribution < -0.4 is 4.72 Å². The maximum absolute atomic E-state index is 12.3. The summed E-state index contributed by atoms with van der Waals surface area (Å²) in [6.07, 6.45) is 1.91. The monoisotopic (exact) mass is 367 g/mol. The molecular formula is C17H25N3O4S. The van der Waals surface area contributed by atoms with Gasteiger partial charge in [-0.3, -0.25) is 4.79 Å². The van der Waals surface area contributed by atoms with E-state index in [4.69, 9.17) is 0 Å². The van der Waals surface area contributed by atoms with Crippen molar-refractivity contribution in [3.8, 4) is 0 Å². The molecule has 0 radical (unpaired) electrons. The summed E-state index contributed by atoms with van der Waals surface area (Å²) in [6, 6.07) is 5.66. The SMILES string of the molecule is CCCC(=O)N1CCCN(C(=O)NS(=O)(=O)c2ccc(C)cc2)CC1. The van der Waals surface area contributed by atoms with Crippen LogP contribution in [-0.2, 0) is 14.8 Å². The van der Waals surface area contributed by atoms with Crippen LogP contribution in [0.1, 0.15) is 31.7 Å². The Balaban J connectivity index is 1.98. The van der Waals surface area contributed by atoms with Gasteiger partial charge in [-0.05, 0) is 31.9 Å². The molecule has 0 aromatic heterocycles. The van der Waals surface area contributed by atoms with Crippen molar-refractivity contribution < 1.29 is 18.0 Å². The summed E-state index contributed by atoms with van der Waals surface area (Å²) < 4.78 is 26.7. The van der Waals surface area contributed by atoms with Crippen molar-refractivity contribution in [3.63, 3.8) is 0 Å². The number of sulfonamides is 1. The summed E-state index contributed by atoms with van der Waals surface area (Å²) in [7, 11) is -3.90. The molecule has 25 heavy (non-hydrogen) atoms. The normalized spacial score (nSPS) is 15.6. The van der Waals surface area contributed by atoms with E-state index < -0.39 is 16.1 Å². The molecule has 0 spiro atoms. The molecule has 1 N–H and O–H groups in total. The first-order valence-electron chi connectivity index (χ1n) is 8.49. The van der Waals surface area contributed by atoms with Crippen molar-refractivity contribution in [2.75, 3.05) is 26.2 Å². The summed E-state index contributed by atoms with van der Waals surface area (Å²) in [4.78, 5) is 27.6. The molecule has 1 aliphatic heterocycles. The van der Waals surface area contributed by atoms with Crippen molar-refractivity contribution >= 4 is 22.0 Å². The summed E-state index contributed by atoms with van der Waals surface area (Å²) in [5.74, 6) is 0.0806. The lowest BCUT2D eigenvalue weighted by Gasteiger charge is -2.22. The van der Waals surface area contributed by atoms with Gasteiger partial charge in [0.1, 0.15) is 0 Å². The highest BCUT2D eigenvalue weighted by atomic mass is 32.2. The largest absolute Gasteiger partial charge is 0.341 e. The van der Waals surface area contributed by atoms with E-state index in [0.29, 0.717) is 39.0 Å². The van der Waals surface area contributed by atoms with Gasteiger partial charge in [-0.1, -0.05) is 24.6 Å². The number of carbonyl (C=O) groups excluding carboxylic acids is 2. The smallest absolute Gasteiger partial charge is 0.331 e. The highest BCUT2D eigenvalue weighted by Gasteiger charge is 2.25. The van der Waals surface area contributed by atoms with Crippen LogP contribution in [0.4, 0.5) is 4.79 Å². The van der Waals surface area contributed by atoms with E-state index in [2.05, 4.69) is 4.72 Å². The number of nitrogens with zero attached hydrogens (tertiary/aromatic N) is 2. The minimum absolute atomic E-state index is 0.0565. The van der Waals surface area contributed by atoms with E-state index >= 15 is 0 Å². The van der Waals surface area contributed by atoms with E-state index in [1.54, 1.807) is 17.0 Å². The minimum atomic E-state index is -3.90. The van der Waals surface area contributed by atoms with Gasteiger partial charge in [0.2, 0.25) is 5.91 Å². The molecule has 2 rings (SSSR count). The fourth-order valence-electron chi connectivity index (χ4n) is 2.70. The van der Waals surface area contributed by atoms with Gasteiger partial charge in [-0.2, -0.15) is 0 Å². The molecule has 0 aliphatic carbocycles. The topological polar surface area (TPSA) is 86.8 Å². The van der Waals surface area contributed by atoms with Crippen LogP contribution >= 0.6 is 0 Å². The predicted octanol–water partition coefficient (Wildman–Crippen LogP) is 1.73. The van der Waals surface area contributed by atoms with Crippen molar-refractivity contribution in [1.82, 2.24) is 14.5 Å². The molecule has 1 aliphatic rings. The van der Waals surface area contributed by atoms with Gasteiger partial charge in [0.25, 0.3) is 10.0 Å². The minimum Gasteiger partial charge on any atom is -0.341 e. The molecule has 1 aromatic rings. The van der Waals surface area contributed by atoms with Crippen LogP contribution in [-0.4, -0.2) is 56.3 Å². The Hall–Kier alpha value is -2.09. The van der Waals surface area contributed by atoms with E-state index in [-0.39, 0.29) is 10.8 Å². The number of aryl methyl sites for hydroxylation is 1. The lowest BCUT2D eigenvalue weighted by Crippen LogP contribution is -2.44. The number of nitrogens with one attached hydrogen (secondary N) is 1. The Morgan fingerprint density at radius 3 is 2.28 bits per heavy atom. The zero-order valence-corrected chi connectivity index (χ0v) is 15.5. The molecule has 1 heterocycles. The van der Waals surface area contributed by atoms with E-state index in [1.807, 2.05) is 13.8 Å². The molecule has 0 atom stereocenters. The Kier molecular flexibility index (Phi) is 6.41. The predicted molar refractivity (Wildman–Crippen MR) is 94.6 cm³/mol. The van der Waals surface area contributed by atoms with Crippen LogP contribution in [0, 0.1) is 6.92 Å². The van der Waals surface area contributed by atoms with Crippen LogP contribution in [0.5, 0.6) is 0 Å². The van der Waals surface area contributed by atoms with Gasteiger partial charge in [0.15, 0.2) is 0 Å². The highest BCUT2D eigenvalue weighted by Crippen LogP contribution is 2.11. The van der Waals surface area contributed by atoms with E-state index in [1.165, 1.54) is 17.0 Å². The molecule has 1 aromatic carbocycles. The van der Waals surface area contributed by atoms with Crippen LogP contribution in [0.2, 0.25) is 0 Å². The zero-order chi connectivity index (χ0) is 18.4. The fraction of sp³-hybridized carbons (Fsp3) is 0.529. The summed E-state index contributed by atoms with van der Waals surface area (Å²) >= 11 is 0. The number of hydrogen-bond acceptors (Lipinski definition) is 4. The number of amides is 3. The summed E-state index contributed by atoms with van der Waals surface area (Å²) in [5, 5.41) is 0. The fourth-order valence-corrected chi connectivity index (χ4v) is 3.67. The van der Waals surface area contributed by atoms with Gasteiger partial charge >= 0.3 is 6.03 Å². The Morgan fingerprint density at radius 2 is 1.64 bits per heavy atom. The summed E-state index contributed by atoms with van der Waals surface area (Å²) in [5.41, 5.74) is 0.939. The molecule has 1 fully saturated rings. The van der Waals surface area contributed by atoms with Gasteiger partial charge in [0.05, 0.1) is 4.90 Å². The second kappa shape index (κ2) is 8.33. The van der Waals surface area contributed by atoms with Gasteiger partial charge < -0.3 is 9.80 Å². The molecule has 0 bridgehead atoms. The molecular weight excluding hydrogens is 342 g/mol. The van der Waals surface area contributed by atoms with E-state index in [9.17, 15) is 18.0 Å². The molecule has 7 nitrogen and oxygen atoms in total. The van der Waals surface area contributed by atoms with E-state index in [0.717, 1.165) is 12.0 Å². The van der Waals surface area contributed by atoms with Gasteiger partial charge in [0, 0.05) is 32.6 Å². The number of carbonyl (C=O) groups is 2. The highest BCUT2D eigenvalue weighted by molar-refractivity contribution is 7.90. The molecule has 3 amide bonds. The quantitative estimate of drug-likeness (QED) is 0.878. The number of hydrogen-bond donors (Lipinski definition) is 1. The molecule has 138 valence electrons. The average Bonchev–Trinajstić information content (AvgIpc) is 2.81. The zero-order valence-electron chi connectivity index (χ0n) is 14.7. The third kappa shape index (κ3) is 5.19. The van der Waals surface area contributed by atoms with Crippen molar-refractivity contribution in [1.29, 1.82) is 0 Å². The first-order valence-corrected chi connectivity index (χ1v) is 9.98. The van der Waals surface area contributed by atoms with Gasteiger partial charge in [-0.25, -0.2) is 17.9 Å². The number of urea groups is 1. The maximum atomic E-state index is 12.3. The number of benzene rings is 1. The molecule has 0 unspecified atom stereocenters. The lowest BCUT2D eigenvalue weighted by atomic mass is 10.2. The van der Waals surface area contributed by atoms with Crippen molar-refractivity contribution in [2.45, 2.75) is 38.0 Å². The molecule has 1 saturated heterocycles. The van der Waals surface area contributed by atoms with Crippen LogP contribution in [0.15, 0.2) is 29.2 Å². The van der Waals surface area contributed by atoms with Crippen LogP contribution in [0.3, 0.4) is 0 Å². The second-order valence-electron chi connectivity index (χ2n) is 6.20. The third-order valence-electron chi connectivity index (χ3n) is 4.15. The van der Waals surface area contributed by atoms with Crippen molar-refractivity contribution in [3.05, 3.63) is 29.8 Å². The number of rotatable bonds is 4. The Morgan fingerprint density at radius 1 is 1.04 bits per heavy atom. The summed E-state index contributed by atoms with van der Waals surface area (Å²) in [6.45, 7) is 5.57. The molecule has 0 saturated carbocycles. The van der Waals surface area contributed by atoms with Crippen molar-refractivity contribution in [2.24, 2.45) is 0 Å². The Bertz CT molecular complexity index is 716. The molecule has 8 heteroatoms. The Labute approximate surface area is 149 Å². The first kappa shape index (κ1) is 19.2. The first-order chi connectivity index (χ1) is 11.8. The standard InChI is InChI=1S/C17H25N3O4S/c1-3-5-16(21)19-10-4-11-20(13-12-19)17(22)18-25(23,24)15-8-6-14(2)7-9-15/h6-9H,3-5,10-13H2,1-2H3,(H,18,22). The average molecular weight is 367 g/mol. The maximum Gasteiger partial charge on any atom is 0.331 e. The third-order valence-corrected chi connectivity index (χ3v) is 5.49. The van der Waals surface area contributed by atoms with Crippen LogP contribution in [0.25, 0.3) is 0 Å². The second-order valence-corrected chi connectivity index (χ2v) is 7.88. The van der Waals surface area contributed by atoms with Gasteiger partial charge in [-0.15, -0.1) is 0 Å². The lowest BCUT2D eigenvalue weighted by molar-refractivity contribution is -0.131.